The third-order valence-electron chi connectivity index (χ3n) is 2.46. The van der Waals surface area contributed by atoms with E-state index >= 15 is 0 Å². The highest BCUT2D eigenvalue weighted by Crippen LogP contribution is 2.17. The van der Waals surface area contributed by atoms with Crippen molar-refractivity contribution in [3.8, 4) is 6.07 Å². The van der Waals surface area contributed by atoms with E-state index in [9.17, 15) is 9.59 Å². The van der Waals surface area contributed by atoms with Crippen molar-refractivity contribution in [2.75, 3.05) is 0 Å². The monoisotopic (exact) mass is 264 g/mol. The highest BCUT2D eigenvalue weighted by molar-refractivity contribution is 5.76. The van der Waals surface area contributed by atoms with Gasteiger partial charge in [0, 0.05) is 18.8 Å². The fourth-order valence-electron chi connectivity index (χ4n) is 1.48. The molecule has 0 unspecified atom stereocenters. The zero-order chi connectivity index (χ0) is 14.5. The second-order valence-corrected chi connectivity index (χ2v) is 4.81. The zero-order valence-corrected chi connectivity index (χ0v) is 10.9. The number of nitriles is 1. The molecular weight excluding hydrogens is 248 g/mol. The van der Waals surface area contributed by atoms with Crippen LogP contribution >= 0.6 is 0 Å². The number of nitrogens with one attached hydrogen (secondary N) is 1. The Morgan fingerprint density at radius 1 is 1.58 bits per heavy atom. The maximum Gasteiger partial charge on any atom is 0.323 e. The SMILES string of the molecule is CC(C)(C#N)CC(=O)NCc1nccn1CC(=O)O. The predicted molar refractivity (Wildman–Crippen MR) is 65.7 cm³/mol. The number of imidazole rings is 1. The number of nitrogens with zero attached hydrogens (tertiary/aromatic N) is 3. The van der Waals surface area contributed by atoms with Crippen LogP contribution in [0.3, 0.4) is 0 Å². The molecule has 19 heavy (non-hydrogen) atoms. The molecule has 0 saturated heterocycles. The summed E-state index contributed by atoms with van der Waals surface area (Å²) in [5, 5.41) is 20.1. The van der Waals surface area contributed by atoms with E-state index in [0.717, 1.165) is 0 Å². The fourth-order valence-corrected chi connectivity index (χ4v) is 1.48. The van der Waals surface area contributed by atoms with E-state index in [0.29, 0.717) is 5.82 Å². The molecule has 2 N–H and O–H groups in total. The molecule has 0 spiro atoms. The lowest BCUT2D eigenvalue weighted by Gasteiger charge is -2.14. The summed E-state index contributed by atoms with van der Waals surface area (Å²) in [7, 11) is 0. The lowest BCUT2D eigenvalue weighted by atomic mass is 9.91. The van der Waals surface area contributed by atoms with Gasteiger partial charge in [-0.1, -0.05) is 0 Å². The van der Waals surface area contributed by atoms with E-state index in [1.54, 1.807) is 13.8 Å². The van der Waals surface area contributed by atoms with Crippen molar-refractivity contribution in [3.63, 3.8) is 0 Å². The molecule has 0 aliphatic carbocycles. The van der Waals surface area contributed by atoms with Crippen molar-refractivity contribution in [3.05, 3.63) is 18.2 Å². The summed E-state index contributed by atoms with van der Waals surface area (Å²) in [6, 6.07) is 2.04. The zero-order valence-electron chi connectivity index (χ0n) is 10.9. The van der Waals surface area contributed by atoms with Crippen LogP contribution in [-0.4, -0.2) is 26.5 Å². The van der Waals surface area contributed by atoms with E-state index in [1.165, 1.54) is 17.0 Å². The van der Waals surface area contributed by atoms with Crippen molar-refractivity contribution in [2.24, 2.45) is 5.41 Å². The fraction of sp³-hybridized carbons (Fsp3) is 0.500. The molecule has 0 bridgehead atoms. The highest BCUT2D eigenvalue weighted by atomic mass is 16.4. The van der Waals surface area contributed by atoms with Crippen molar-refractivity contribution in [2.45, 2.75) is 33.4 Å². The van der Waals surface area contributed by atoms with Gasteiger partial charge in [-0.2, -0.15) is 5.26 Å². The summed E-state index contributed by atoms with van der Waals surface area (Å²) >= 11 is 0. The Kier molecular flexibility index (Phi) is 4.64. The van der Waals surface area contributed by atoms with Gasteiger partial charge in [0.15, 0.2) is 0 Å². The van der Waals surface area contributed by atoms with Gasteiger partial charge < -0.3 is 15.0 Å². The van der Waals surface area contributed by atoms with Crippen molar-refractivity contribution in [1.82, 2.24) is 14.9 Å². The summed E-state index contributed by atoms with van der Waals surface area (Å²) in [6.07, 6.45) is 3.10. The number of hydrogen-bond donors (Lipinski definition) is 2. The molecule has 7 heteroatoms. The van der Waals surface area contributed by atoms with Gasteiger partial charge in [0.1, 0.15) is 12.4 Å². The van der Waals surface area contributed by atoms with Gasteiger partial charge in [0.2, 0.25) is 5.91 Å². The van der Waals surface area contributed by atoms with Crippen LogP contribution in [0.15, 0.2) is 12.4 Å². The lowest BCUT2D eigenvalue weighted by molar-refractivity contribution is -0.137. The molecule has 1 aromatic heterocycles. The molecule has 102 valence electrons. The molecule has 0 saturated carbocycles. The molecule has 0 radical (unpaired) electrons. The van der Waals surface area contributed by atoms with Crippen LogP contribution in [-0.2, 0) is 22.7 Å². The van der Waals surface area contributed by atoms with Crippen LogP contribution in [0.2, 0.25) is 0 Å². The maximum atomic E-state index is 11.6. The molecule has 1 heterocycles. The standard InChI is InChI=1S/C12H16N4O3/c1-12(2,8-13)5-10(17)15-6-9-14-3-4-16(9)7-11(18)19/h3-4H,5-7H2,1-2H3,(H,15,17)(H,18,19). The molecule has 7 nitrogen and oxygen atoms in total. The molecule has 0 fully saturated rings. The van der Waals surface area contributed by atoms with E-state index in [-0.39, 0.29) is 25.4 Å². The molecule has 0 atom stereocenters. The van der Waals surface area contributed by atoms with Crippen molar-refractivity contribution < 1.29 is 14.7 Å². The smallest absolute Gasteiger partial charge is 0.323 e. The Hall–Kier alpha value is -2.36. The van der Waals surface area contributed by atoms with Gasteiger partial charge in [-0.15, -0.1) is 0 Å². The van der Waals surface area contributed by atoms with Gasteiger partial charge in [-0.25, -0.2) is 4.98 Å². The van der Waals surface area contributed by atoms with Crippen LogP contribution in [0.5, 0.6) is 0 Å². The minimum absolute atomic E-state index is 0.0864. The second-order valence-electron chi connectivity index (χ2n) is 4.81. The Balaban J connectivity index is 2.54. The Bertz CT molecular complexity index is 513. The molecule has 0 aliphatic heterocycles. The van der Waals surface area contributed by atoms with Crippen LogP contribution in [0.4, 0.5) is 0 Å². The first-order chi connectivity index (χ1) is 8.84. The van der Waals surface area contributed by atoms with Crippen LogP contribution in [0.1, 0.15) is 26.1 Å². The van der Waals surface area contributed by atoms with E-state index in [2.05, 4.69) is 10.3 Å². The van der Waals surface area contributed by atoms with Crippen molar-refractivity contribution >= 4 is 11.9 Å². The first-order valence-corrected chi connectivity index (χ1v) is 5.74. The second kappa shape index (κ2) is 6.00. The number of carboxylic acid groups (broad SMARTS) is 1. The molecule has 1 amide bonds. The summed E-state index contributed by atoms with van der Waals surface area (Å²) in [5.74, 6) is -0.780. The van der Waals surface area contributed by atoms with E-state index in [1.807, 2.05) is 6.07 Å². The van der Waals surface area contributed by atoms with Crippen LogP contribution in [0, 0.1) is 16.7 Å². The summed E-state index contributed by atoms with van der Waals surface area (Å²) < 4.78 is 1.44. The minimum Gasteiger partial charge on any atom is -0.480 e. The number of rotatable bonds is 6. The maximum absolute atomic E-state index is 11.6. The van der Waals surface area contributed by atoms with Crippen molar-refractivity contribution in [1.29, 1.82) is 5.26 Å². The molecular formula is C12H16N4O3. The first kappa shape index (κ1) is 14.7. The summed E-state index contributed by atoms with van der Waals surface area (Å²) in [5.41, 5.74) is -0.722. The number of aliphatic carboxylic acids is 1. The number of hydrogen-bond acceptors (Lipinski definition) is 4. The summed E-state index contributed by atoms with van der Waals surface area (Å²) in [4.78, 5) is 26.2. The molecule has 1 aromatic rings. The predicted octanol–water partition coefficient (Wildman–Crippen LogP) is 0.524. The van der Waals surface area contributed by atoms with Crippen LogP contribution in [0.25, 0.3) is 0 Å². The Morgan fingerprint density at radius 2 is 2.26 bits per heavy atom. The van der Waals surface area contributed by atoms with Gasteiger partial charge in [0.25, 0.3) is 0 Å². The lowest BCUT2D eigenvalue weighted by Crippen LogP contribution is -2.29. The Labute approximate surface area is 110 Å². The number of amides is 1. The summed E-state index contributed by atoms with van der Waals surface area (Å²) in [6.45, 7) is 3.30. The molecule has 1 rings (SSSR count). The third kappa shape index (κ3) is 4.79. The van der Waals surface area contributed by atoms with E-state index in [4.69, 9.17) is 10.4 Å². The topological polar surface area (TPSA) is 108 Å². The quantitative estimate of drug-likeness (QED) is 0.778. The average molecular weight is 264 g/mol. The van der Waals surface area contributed by atoms with E-state index < -0.39 is 11.4 Å². The number of carbonyl (C=O) groups excluding carboxylic acids is 1. The number of carboxylic acids is 1. The largest absolute Gasteiger partial charge is 0.480 e. The Morgan fingerprint density at radius 3 is 2.84 bits per heavy atom. The third-order valence-corrected chi connectivity index (χ3v) is 2.46. The number of aromatic nitrogens is 2. The van der Waals surface area contributed by atoms with Gasteiger partial charge >= 0.3 is 5.97 Å². The number of carbonyl (C=O) groups is 2. The molecule has 0 aromatic carbocycles. The first-order valence-electron chi connectivity index (χ1n) is 5.74. The molecule has 0 aliphatic rings. The van der Waals surface area contributed by atoms with Crippen LogP contribution < -0.4 is 5.32 Å². The highest BCUT2D eigenvalue weighted by Gasteiger charge is 2.21. The van der Waals surface area contributed by atoms with Gasteiger partial charge in [0.05, 0.1) is 18.0 Å². The average Bonchev–Trinajstić information content (AvgIpc) is 2.72. The van der Waals surface area contributed by atoms with Gasteiger partial charge in [-0.05, 0) is 13.8 Å². The van der Waals surface area contributed by atoms with Gasteiger partial charge in [-0.3, -0.25) is 9.59 Å². The normalized spacial score (nSPS) is 10.8. The minimum atomic E-state index is -0.976.